The number of benzene rings is 2. The summed E-state index contributed by atoms with van der Waals surface area (Å²) in [5.41, 5.74) is 3.90. The minimum Gasteiger partial charge on any atom is -0.340 e. The van der Waals surface area contributed by atoms with Gasteiger partial charge >= 0.3 is 0 Å². The quantitative estimate of drug-likeness (QED) is 0.534. The molecule has 128 valence electrons. The lowest BCUT2D eigenvalue weighted by atomic mass is 10.1. The van der Waals surface area contributed by atoms with Gasteiger partial charge in [0.05, 0.1) is 5.39 Å². The third-order valence-electron chi connectivity index (χ3n) is 3.92. The van der Waals surface area contributed by atoms with Crippen molar-refractivity contribution in [2.24, 2.45) is 0 Å². The van der Waals surface area contributed by atoms with E-state index in [1.165, 1.54) is 6.92 Å². The molecule has 0 bridgehead atoms. The monoisotopic (exact) mass is 360 g/mol. The van der Waals surface area contributed by atoms with Crippen LogP contribution in [0.1, 0.15) is 6.92 Å². The van der Waals surface area contributed by atoms with Gasteiger partial charge in [-0.2, -0.15) is 0 Å². The lowest BCUT2D eigenvalue weighted by molar-refractivity contribution is -0.114. The molecule has 2 aromatic carbocycles. The van der Waals surface area contributed by atoms with E-state index in [4.69, 9.17) is 0 Å². The highest BCUT2D eigenvalue weighted by molar-refractivity contribution is 7.17. The fourth-order valence-electron chi connectivity index (χ4n) is 2.78. The first kappa shape index (κ1) is 16.2. The van der Waals surface area contributed by atoms with Crippen molar-refractivity contribution in [3.63, 3.8) is 0 Å². The molecule has 2 aromatic heterocycles. The lowest BCUT2D eigenvalue weighted by Gasteiger charge is -2.09. The van der Waals surface area contributed by atoms with Gasteiger partial charge in [0.1, 0.15) is 17.0 Å². The van der Waals surface area contributed by atoms with Crippen molar-refractivity contribution in [1.82, 2.24) is 9.97 Å². The van der Waals surface area contributed by atoms with Crippen LogP contribution in [0.5, 0.6) is 0 Å². The molecule has 0 radical (unpaired) electrons. The molecule has 6 heteroatoms. The molecule has 2 N–H and O–H groups in total. The van der Waals surface area contributed by atoms with Crippen molar-refractivity contribution in [1.29, 1.82) is 0 Å². The number of amides is 1. The zero-order valence-corrected chi connectivity index (χ0v) is 14.9. The van der Waals surface area contributed by atoms with E-state index in [-0.39, 0.29) is 5.91 Å². The molecule has 1 amide bonds. The SMILES string of the molecule is CC(=O)Nc1ccc(Nc2ncnc3scc(-c4ccccc4)c23)cc1. The Labute approximate surface area is 154 Å². The summed E-state index contributed by atoms with van der Waals surface area (Å²) in [7, 11) is 0. The summed E-state index contributed by atoms with van der Waals surface area (Å²) in [5.74, 6) is 0.677. The fourth-order valence-corrected chi connectivity index (χ4v) is 3.69. The van der Waals surface area contributed by atoms with Crippen LogP contribution in [-0.4, -0.2) is 15.9 Å². The summed E-state index contributed by atoms with van der Waals surface area (Å²) in [5, 5.41) is 9.25. The van der Waals surface area contributed by atoms with Gasteiger partial charge in [-0.05, 0) is 29.8 Å². The maximum atomic E-state index is 11.1. The van der Waals surface area contributed by atoms with Crippen LogP contribution in [0.3, 0.4) is 0 Å². The maximum Gasteiger partial charge on any atom is 0.221 e. The van der Waals surface area contributed by atoms with Gasteiger partial charge in [-0.1, -0.05) is 30.3 Å². The lowest BCUT2D eigenvalue weighted by Crippen LogP contribution is -2.05. The molecule has 0 saturated carbocycles. The van der Waals surface area contributed by atoms with Crippen molar-refractivity contribution >= 4 is 44.7 Å². The van der Waals surface area contributed by atoms with Gasteiger partial charge in [-0.3, -0.25) is 4.79 Å². The molecule has 0 atom stereocenters. The predicted octanol–water partition coefficient (Wildman–Crippen LogP) is 5.06. The highest BCUT2D eigenvalue weighted by atomic mass is 32.1. The average molecular weight is 360 g/mol. The van der Waals surface area contributed by atoms with Gasteiger partial charge < -0.3 is 10.6 Å². The number of hydrogen-bond donors (Lipinski definition) is 2. The molecule has 2 heterocycles. The van der Waals surface area contributed by atoms with Crippen molar-refractivity contribution in [3.8, 4) is 11.1 Å². The van der Waals surface area contributed by atoms with Crippen LogP contribution >= 0.6 is 11.3 Å². The van der Waals surface area contributed by atoms with Crippen molar-refractivity contribution in [3.05, 3.63) is 66.3 Å². The Kier molecular flexibility index (Phi) is 4.33. The number of carbonyl (C=O) groups excluding carboxylic acids is 1. The fraction of sp³-hybridized carbons (Fsp3) is 0.0500. The van der Waals surface area contributed by atoms with Crippen LogP contribution in [-0.2, 0) is 4.79 Å². The molecular weight excluding hydrogens is 344 g/mol. The number of nitrogens with one attached hydrogen (secondary N) is 2. The second-order valence-corrected chi connectivity index (χ2v) is 6.66. The Bertz CT molecular complexity index is 1060. The minimum absolute atomic E-state index is 0.0889. The number of rotatable bonds is 4. The summed E-state index contributed by atoms with van der Waals surface area (Å²) in [4.78, 5) is 20.9. The molecule has 26 heavy (non-hydrogen) atoms. The van der Waals surface area contributed by atoms with E-state index in [1.807, 2.05) is 42.5 Å². The second kappa shape index (κ2) is 6.93. The molecule has 0 fully saturated rings. The largest absolute Gasteiger partial charge is 0.340 e. The Balaban J connectivity index is 1.71. The topological polar surface area (TPSA) is 66.9 Å². The van der Waals surface area contributed by atoms with Gasteiger partial charge in [0.2, 0.25) is 5.91 Å². The number of fused-ring (bicyclic) bond motifs is 1. The third-order valence-corrected chi connectivity index (χ3v) is 4.81. The average Bonchev–Trinajstić information content (AvgIpc) is 3.09. The molecule has 0 aliphatic rings. The normalized spacial score (nSPS) is 10.7. The summed E-state index contributed by atoms with van der Waals surface area (Å²) in [6.45, 7) is 1.49. The smallest absolute Gasteiger partial charge is 0.221 e. The van der Waals surface area contributed by atoms with Crippen LogP contribution in [0.15, 0.2) is 66.3 Å². The number of hydrogen-bond acceptors (Lipinski definition) is 5. The number of carbonyl (C=O) groups is 1. The van der Waals surface area contributed by atoms with Crippen molar-refractivity contribution in [2.45, 2.75) is 6.92 Å². The molecule has 4 rings (SSSR count). The third kappa shape index (κ3) is 3.27. The van der Waals surface area contributed by atoms with Gasteiger partial charge in [0.25, 0.3) is 0 Å². The number of aromatic nitrogens is 2. The van der Waals surface area contributed by atoms with E-state index >= 15 is 0 Å². The first-order valence-corrected chi connectivity index (χ1v) is 9.01. The standard InChI is InChI=1S/C20H16N4OS/c1-13(25)23-15-7-9-16(10-8-15)24-19-18-17(14-5-3-2-4-6-14)11-26-20(18)22-12-21-19/h2-12H,1H3,(H,23,25)(H,21,22,24). The Hall–Kier alpha value is -3.25. The maximum absolute atomic E-state index is 11.1. The van der Waals surface area contributed by atoms with Crippen molar-refractivity contribution in [2.75, 3.05) is 10.6 Å². The summed E-state index contributed by atoms with van der Waals surface area (Å²) < 4.78 is 0. The Morgan fingerprint density at radius 1 is 0.962 bits per heavy atom. The van der Waals surface area contributed by atoms with Crippen LogP contribution in [0, 0.1) is 0 Å². The number of anilines is 3. The van der Waals surface area contributed by atoms with Gasteiger partial charge in [0.15, 0.2) is 0 Å². The number of nitrogens with zero attached hydrogens (tertiary/aromatic N) is 2. The first-order chi connectivity index (χ1) is 12.7. The molecule has 0 saturated heterocycles. The summed E-state index contributed by atoms with van der Waals surface area (Å²) in [6, 6.07) is 17.8. The van der Waals surface area contributed by atoms with Crippen LogP contribution in [0.2, 0.25) is 0 Å². The molecule has 0 aliphatic heterocycles. The molecule has 5 nitrogen and oxygen atoms in total. The molecule has 0 spiro atoms. The molecule has 4 aromatic rings. The Morgan fingerprint density at radius 2 is 1.69 bits per heavy atom. The van der Waals surface area contributed by atoms with E-state index in [1.54, 1.807) is 17.7 Å². The van der Waals surface area contributed by atoms with Crippen molar-refractivity contribution < 1.29 is 4.79 Å². The zero-order valence-electron chi connectivity index (χ0n) is 14.1. The summed E-state index contributed by atoms with van der Waals surface area (Å²) >= 11 is 1.60. The van der Waals surface area contributed by atoms with E-state index in [0.29, 0.717) is 0 Å². The molecular formula is C20H16N4OS. The van der Waals surface area contributed by atoms with E-state index < -0.39 is 0 Å². The van der Waals surface area contributed by atoms with Crippen LogP contribution in [0.25, 0.3) is 21.3 Å². The predicted molar refractivity (Wildman–Crippen MR) is 107 cm³/mol. The van der Waals surface area contributed by atoms with Crippen LogP contribution < -0.4 is 10.6 Å². The van der Waals surface area contributed by atoms with E-state index in [2.05, 4.69) is 38.1 Å². The zero-order chi connectivity index (χ0) is 17.9. The van der Waals surface area contributed by atoms with Gasteiger partial charge in [0, 0.05) is 29.2 Å². The number of thiophene rings is 1. The summed E-state index contributed by atoms with van der Waals surface area (Å²) in [6.07, 6.45) is 1.57. The minimum atomic E-state index is -0.0889. The van der Waals surface area contributed by atoms with Gasteiger partial charge in [-0.15, -0.1) is 11.3 Å². The van der Waals surface area contributed by atoms with Gasteiger partial charge in [-0.25, -0.2) is 9.97 Å². The van der Waals surface area contributed by atoms with Crippen LogP contribution in [0.4, 0.5) is 17.2 Å². The highest BCUT2D eigenvalue weighted by Crippen LogP contribution is 2.37. The first-order valence-electron chi connectivity index (χ1n) is 8.13. The van der Waals surface area contributed by atoms with E-state index in [0.717, 1.165) is 38.5 Å². The Morgan fingerprint density at radius 3 is 2.42 bits per heavy atom. The molecule has 0 unspecified atom stereocenters. The second-order valence-electron chi connectivity index (χ2n) is 5.80. The highest BCUT2D eigenvalue weighted by Gasteiger charge is 2.13. The molecule has 0 aliphatic carbocycles. The van der Waals surface area contributed by atoms with E-state index in [9.17, 15) is 4.79 Å².